The van der Waals surface area contributed by atoms with Crippen molar-refractivity contribution in [2.24, 2.45) is 0 Å². The lowest BCUT2D eigenvalue weighted by Gasteiger charge is -2.22. The third kappa shape index (κ3) is 3.95. The number of likely N-dealkylation sites (N-methyl/N-ethyl adjacent to an activating group) is 1. The minimum atomic E-state index is 0.917. The number of pyridine rings is 2. The Morgan fingerprint density at radius 3 is 2.50 bits per heavy atom. The van der Waals surface area contributed by atoms with E-state index in [2.05, 4.69) is 58.3 Å². The van der Waals surface area contributed by atoms with Crippen LogP contribution in [0.2, 0.25) is 0 Å². The van der Waals surface area contributed by atoms with Gasteiger partial charge in [0.05, 0.1) is 11.9 Å². The van der Waals surface area contributed by atoms with Crippen LogP contribution in [0.25, 0.3) is 0 Å². The topological polar surface area (TPSA) is 41.0 Å². The highest BCUT2D eigenvalue weighted by atomic mass is 15.2. The Bertz CT molecular complexity index is 496. The van der Waals surface area contributed by atoms with Crippen molar-refractivity contribution in [2.75, 3.05) is 29.9 Å². The summed E-state index contributed by atoms with van der Waals surface area (Å²) in [5.74, 6) is 1.03. The summed E-state index contributed by atoms with van der Waals surface area (Å²) in [5.41, 5.74) is 2.38. The predicted octanol–water partition coefficient (Wildman–Crippen LogP) is 2.98. The minimum absolute atomic E-state index is 0.917. The van der Waals surface area contributed by atoms with E-state index in [0.717, 1.165) is 37.6 Å². The third-order valence-corrected chi connectivity index (χ3v) is 3.25. The molecule has 0 aliphatic carbocycles. The summed E-state index contributed by atoms with van der Waals surface area (Å²) in [5, 5.41) is 3.26. The molecular formula is C16H22N4. The molecule has 0 unspecified atom stereocenters. The first-order chi connectivity index (χ1) is 9.83. The zero-order valence-electron chi connectivity index (χ0n) is 12.2. The Kier molecular flexibility index (Phi) is 5.35. The van der Waals surface area contributed by atoms with Crippen LogP contribution in [0.5, 0.6) is 0 Å². The van der Waals surface area contributed by atoms with Gasteiger partial charge in [0, 0.05) is 32.0 Å². The number of nitrogens with one attached hydrogen (secondary N) is 1. The van der Waals surface area contributed by atoms with Crippen LogP contribution in [0.1, 0.15) is 19.4 Å². The zero-order chi connectivity index (χ0) is 14.2. The zero-order valence-corrected chi connectivity index (χ0v) is 12.2. The van der Waals surface area contributed by atoms with Crippen LogP contribution in [0.3, 0.4) is 0 Å². The predicted molar refractivity (Wildman–Crippen MR) is 84.2 cm³/mol. The molecule has 2 aromatic rings. The van der Waals surface area contributed by atoms with Gasteiger partial charge in [-0.2, -0.15) is 0 Å². The van der Waals surface area contributed by atoms with Gasteiger partial charge in [0.2, 0.25) is 0 Å². The van der Waals surface area contributed by atoms with Crippen molar-refractivity contribution in [3.05, 3.63) is 48.4 Å². The molecule has 0 radical (unpaired) electrons. The minimum Gasteiger partial charge on any atom is -0.384 e. The van der Waals surface area contributed by atoms with Crippen molar-refractivity contribution < 1.29 is 0 Å². The van der Waals surface area contributed by atoms with E-state index in [9.17, 15) is 0 Å². The summed E-state index contributed by atoms with van der Waals surface area (Å²) in [4.78, 5) is 10.9. The van der Waals surface area contributed by atoms with Gasteiger partial charge >= 0.3 is 0 Å². The molecule has 20 heavy (non-hydrogen) atoms. The molecule has 4 heteroatoms. The summed E-state index contributed by atoms with van der Waals surface area (Å²) in [7, 11) is 0. The van der Waals surface area contributed by atoms with E-state index in [1.54, 1.807) is 0 Å². The Balaban J connectivity index is 1.97. The Labute approximate surface area is 120 Å². The first-order valence-electron chi connectivity index (χ1n) is 7.17. The summed E-state index contributed by atoms with van der Waals surface area (Å²) in [6.45, 7) is 7.08. The van der Waals surface area contributed by atoms with Crippen LogP contribution in [-0.2, 0) is 6.42 Å². The number of aromatic nitrogens is 2. The molecule has 2 rings (SSSR count). The maximum absolute atomic E-state index is 4.53. The van der Waals surface area contributed by atoms with E-state index in [0.29, 0.717) is 0 Å². The molecule has 1 N–H and O–H groups in total. The Morgan fingerprint density at radius 1 is 1.10 bits per heavy atom. The van der Waals surface area contributed by atoms with E-state index >= 15 is 0 Å². The van der Waals surface area contributed by atoms with Crippen LogP contribution in [-0.4, -0.2) is 29.6 Å². The second-order valence-electron chi connectivity index (χ2n) is 4.62. The molecule has 0 amide bonds. The van der Waals surface area contributed by atoms with Crippen molar-refractivity contribution in [3.63, 3.8) is 0 Å². The smallest absolute Gasteiger partial charge is 0.128 e. The van der Waals surface area contributed by atoms with Gasteiger partial charge in [0.15, 0.2) is 0 Å². The lowest BCUT2D eigenvalue weighted by Crippen LogP contribution is -2.26. The largest absolute Gasteiger partial charge is 0.384 e. The number of anilines is 2. The number of nitrogens with zero attached hydrogens (tertiary/aromatic N) is 3. The van der Waals surface area contributed by atoms with Crippen molar-refractivity contribution in [1.82, 2.24) is 9.97 Å². The summed E-state index contributed by atoms with van der Waals surface area (Å²) < 4.78 is 0. The second-order valence-corrected chi connectivity index (χ2v) is 4.62. The summed E-state index contributed by atoms with van der Waals surface area (Å²) in [6, 6.07) is 8.29. The average Bonchev–Trinajstić information content (AvgIpc) is 2.51. The Morgan fingerprint density at radius 2 is 1.90 bits per heavy atom. The monoisotopic (exact) mass is 270 g/mol. The van der Waals surface area contributed by atoms with Gasteiger partial charge in [-0.15, -0.1) is 0 Å². The number of rotatable bonds is 7. The number of hydrogen-bond acceptors (Lipinski definition) is 4. The first kappa shape index (κ1) is 14.3. The molecule has 0 aliphatic rings. The fourth-order valence-corrected chi connectivity index (χ4v) is 2.13. The van der Waals surface area contributed by atoms with Gasteiger partial charge < -0.3 is 10.2 Å². The molecule has 0 saturated heterocycles. The first-order valence-corrected chi connectivity index (χ1v) is 7.17. The van der Waals surface area contributed by atoms with Gasteiger partial charge in [0.25, 0.3) is 0 Å². The second kappa shape index (κ2) is 7.48. The van der Waals surface area contributed by atoms with Gasteiger partial charge in [0.1, 0.15) is 5.82 Å². The maximum atomic E-state index is 4.53. The highest BCUT2D eigenvalue weighted by Gasteiger charge is 2.06. The summed E-state index contributed by atoms with van der Waals surface area (Å²) in [6.07, 6.45) is 6.59. The fraction of sp³-hybridized carbons (Fsp3) is 0.375. The lowest BCUT2D eigenvalue weighted by atomic mass is 10.2. The van der Waals surface area contributed by atoms with Crippen LogP contribution < -0.4 is 10.2 Å². The fourth-order valence-electron chi connectivity index (χ4n) is 2.13. The van der Waals surface area contributed by atoms with Crippen molar-refractivity contribution >= 4 is 11.5 Å². The molecule has 2 heterocycles. The molecular weight excluding hydrogens is 248 g/mol. The Hall–Kier alpha value is -2.10. The van der Waals surface area contributed by atoms with Crippen molar-refractivity contribution in [1.29, 1.82) is 0 Å². The van der Waals surface area contributed by atoms with Crippen LogP contribution >= 0.6 is 0 Å². The molecule has 0 fully saturated rings. The van der Waals surface area contributed by atoms with E-state index in [1.165, 1.54) is 5.56 Å². The molecule has 0 saturated carbocycles. The van der Waals surface area contributed by atoms with Crippen LogP contribution in [0.15, 0.2) is 42.9 Å². The third-order valence-electron chi connectivity index (χ3n) is 3.25. The molecule has 0 aliphatic heterocycles. The lowest BCUT2D eigenvalue weighted by molar-refractivity contribution is 0.793. The molecule has 106 valence electrons. The van der Waals surface area contributed by atoms with Crippen molar-refractivity contribution in [2.45, 2.75) is 20.3 Å². The van der Waals surface area contributed by atoms with Gasteiger partial charge in [-0.1, -0.05) is 0 Å². The average molecular weight is 270 g/mol. The molecule has 0 bridgehead atoms. The molecule has 4 nitrogen and oxygen atoms in total. The molecule has 0 spiro atoms. The quantitative estimate of drug-likeness (QED) is 0.840. The number of hydrogen-bond donors (Lipinski definition) is 1. The van der Waals surface area contributed by atoms with E-state index in [-0.39, 0.29) is 0 Å². The normalized spacial score (nSPS) is 10.3. The SMILES string of the molecule is CCNc1ccc(N(CC)CCc2ccncc2)nc1. The van der Waals surface area contributed by atoms with E-state index < -0.39 is 0 Å². The highest BCUT2D eigenvalue weighted by Crippen LogP contribution is 2.14. The maximum Gasteiger partial charge on any atom is 0.128 e. The highest BCUT2D eigenvalue weighted by molar-refractivity contribution is 5.48. The molecule has 0 atom stereocenters. The van der Waals surface area contributed by atoms with E-state index in [4.69, 9.17) is 0 Å². The summed E-state index contributed by atoms with van der Waals surface area (Å²) >= 11 is 0. The van der Waals surface area contributed by atoms with Crippen molar-refractivity contribution in [3.8, 4) is 0 Å². The van der Waals surface area contributed by atoms with Crippen LogP contribution in [0.4, 0.5) is 11.5 Å². The molecule has 2 aromatic heterocycles. The molecule has 0 aromatic carbocycles. The van der Waals surface area contributed by atoms with Crippen LogP contribution in [0, 0.1) is 0 Å². The van der Waals surface area contributed by atoms with E-state index in [1.807, 2.05) is 18.6 Å². The standard InChI is InChI=1S/C16H22N4/c1-3-18-15-5-6-16(19-13-15)20(4-2)12-9-14-7-10-17-11-8-14/h5-8,10-11,13,18H,3-4,9,12H2,1-2H3. The van der Waals surface area contributed by atoms with Gasteiger partial charge in [-0.3, -0.25) is 4.98 Å². The van der Waals surface area contributed by atoms with Gasteiger partial charge in [-0.05, 0) is 50.1 Å². The van der Waals surface area contributed by atoms with Gasteiger partial charge in [-0.25, -0.2) is 4.98 Å².